The number of methoxy groups -OCH3 is 2. The van der Waals surface area contributed by atoms with Crippen LogP contribution in [0.15, 0.2) is 30.3 Å². The van der Waals surface area contributed by atoms with Crippen molar-refractivity contribution in [3.63, 3.8) is 0 Å². The lowest BCUT2D eigenvalue weighted by Gasteiger charge is -2.32. The highest BCUT2D eigenvalue weighted by Gasteiger charge is 2.37. The molecule has 1 aromatic rings. The van der Waals surface area contributed by atoms with Crippen molar-refractivity contribution < 1.29 is 19.1 Å². The lowest BCUT2D eigenvalue weighted by molar-refractivity contribution is -0.160. The van der Waals surface area contributed by atoms with Crippen LogP contribution in [0.2, 0.25) is 0 Å². The molecule has 0 saturated carbocycles. The first-order chi connectivity index (χ1) is 9.99. The zero-order valence-electron chi connectivity index (χ0n) is 12.6. The summed E-state index contributed by atoms with van der Waals surface area (Å²) in [5.74, 6) is -1.98. The van der Waals surface area contributed by atoms with Gasteiger partial charge in [-0.1, -0.05) is 43.3 Å². The van der Waals surface area contributed by atoms with E-state index in [1.165, 1.54) is 25.3 Å². The summed E-state index contributed by atoms with van der Waals surface area (Å²) < 4.78 is 9.45. The van der Waals surface area contributed by atoms with Crippen molar-refractivity contribution >= 4 is 18.0 Å². The van der Waals surface area contributed by atoms with E-state index in [4.69, 9.17) is 9.47 Å². The monoisotopic (exact) mass is 288 g/mol. The summed E-state index contributed by atoms with van der Waals surface area (Å²) in [7, 11) is 2.57. The van der Waals surface area contributed by atoms with E-state index in [2.05, 4.69) is 18.2 Å². The molecule has 0 aromatic heterocycles. The highest BCUT2D eigenvalue weighted by molar-refractivity contribution is 5.94. The highest BCUT2D eigenvalue weighted by atomic mass is 16.5. The van der Waals surface area contributed by atoms with Gasteiger partial charge in [0.2, 0.25) is 0 Å². The Morgan fingerprint density at radius 3 is 2.43 bits per heavy atom. The molecule has 4 nitrogen and oxygen atoms in total. The largest absolute Gasteiger partial charge is 0.468 e. The predicted molar refractivity (Wildman–Crippen MR) is 79.4 cm³/mol. The first kappa shape index (κ1) is 15.3. The molecule has 21 heavy (non-hydrogen) atoms. The fourth-order valence-electron chi connectivity index (χ4n) is 2.80. The summed E-state index contributed by atoms with van der Waals surface area (Å²) in [6.07, 6.45) is 5.26. The van der Waals surface area contributed by atoms with E-state index in [-0.39, 0.29) is 5.41 Å². The molecule has 0 radical (unpaired) electrons. The average molecular weight is 288 g/mol. The number of esters is 2. The van der Waals surface area contributed by atoms with Crippen LogP contribution in [0.4, 0.5) is 0 Å². The van der Waals surface area contributed by atoms with Crippen LogP contribution >= 0.6 is 0 Å². The number of hydrogen-bond acceptors (Lipinski definition) is 4. The molecule has 4 heteroatoms. The van der Waals surface area contributed by atoms with Gasteiger partial charge in [0.1, 0.15) is 0 Å². The lowest BCUT2D eigenvalue weighted by Crippen LogP contribution is -2.33. The summed E-state index contributed by atoms with van der Waals surface area (Å²) >= 11 is 0. The molecular formula is C17H20O4. The molecule has 1 aliphatic carbocycles. The predicted octanol–water partition coefficient (Wildman–Crippen LogP) is 2.61. The van der Waals surface area contributed by atoms with Crippen molar-refractivity contribution in [2.75, 3.05) is 14.2 Å². The Labute approximate surface area is 124 Å². The zero-order chi connectivity index (χ0) is 15.5. The smallest absolute Gasteiger partial charge is 0.320 e. The topological polar surface area (TPSA) is 52.6 Å². The van der Waals surface area contributed by atoms with E-state index in [1.807, 2.05) is 25.1 Å². The second-order valence-electron chi connectivity index (χ2n) is 5.67. The van der Waals surface area contributed by atoms with Crippen molar-refractivity contribution in [3.05, 3.63) is 41.5 Å². The summed E-state index contributed by atoms with van der Waals surface area (Å²) in [5, 5.41) is 0. The van der Waals surface area contributed by atoms with Gasteiger partial charge in [-0.2, -0.15) is 0 Å². The molecule has 0 heterocycles. The van der Waals surface area contributed by atoms with Crippen LogP contribution in [0.25, 0.3) is 6.08 Å². The number of rotatable bonds is 4. The zero-order valence-corrected chi connectivity index (χ0v) is 12.6. The Kier molecular flexibility index (Phi) is 4.46. The summed E-state index contributed by atoms with van der Waals surface area (Å²) in [6, 6.07) is 8.12. The van der Waals surface area contributed by atoms with Gasteiger partial charge in [-0.15, -0.1) is 0 Å². The normalized spacial score (nSPS) is 20.0. The standard InChI is InChI=1S/C17H20O4/c1-17(11-14(15(18)20-2)16(19)21-3)9-8-12-6-4-5-7-13(12)10-17/h4-9,14H,10-11H2,1-3H3. The maximum absolute atomic E-state index is 11.8. The number of carbonyl (C=O) groups is 2. The Morgan fingerprint density at radius 2 is 1.81 bits per heavy atom. The summed E-state index contributed by atoms with van der Waals surface area (Å²) in [4.78, 5) is 23.7. The van der Waals surface area contributed by atoms with Crippen LogP contribution in [-0.4, -0.2) is 26.2 Å². The van der Waals surface area contributed by atoms with Crippen LogP contribution in [-0.2, 0) is 25.5 Å². The molecule has 0 spiro atoms. The molecule has 0 aliphatic heterocycles. The maximum atomic E-state index is 11.8. The van der Waals surface area contributed by atoms with Crippen molar-refractivity contribution in [2.45, 2.75) is 19.8 Å². The van der Waals surface area contributed by atoms with Gasteiger partial charge in [-0.25, -0.2) is 0 Å². The van der Waals surface area contributed by atoms with Gasteiger partial charge >= 0.3 is 11.9 Å². The molecule has 2 rings (SSSR count). The number of ether oxygens (including phenoxy) is 2. The van der Waals surface area contributed by atoms with Crippen molar-refractivity contribution in [2.24, 2.45) is 11.3 Å². The number of hydrogen-bond donors (Lipinski definition) is 0. The number of fused-ring (bicyclic) bond motifs is 1. The van der Waals surface area contributed by atoms with Crippen molar-refractivity contribution in [3.8, 4) is 0 Å². The van der Waals surface area contributed by atoms with Gasteiger partial charge in [0.25, 0.3) is 0 Å². The van der Waals surface area contributed by atoms with Crippen LogP contribution in [0.3, 0.4) is 0 Å². The van der Waals surface area contributed by atoms with Gasteiger partial charge in [0.05, 0.1) is 14.2 Å². The first-order valence-corrected chi connectivity index (χ1v) is 6.92. The van der Waals surface area contributed by atoms with E-state index in [9.17, 15) is 9.59 Å². The van der Waals surface area contributed by atoms with Gasteiger partial charge in [-0.05, 0) is 29.4 Å². The van der Waals surface area contributed by atoms with Crippen LogP contribution in [0.1, 0.15) is 24.5 Å². The molecule has 0 amide bonds. The number of allylic oxidation sites excluding steroid dienone is 1. The average Bonchev–Trinajstić information content (AvgIpc) is 2.51. The fourth-order valence-corrected chi connectivity index (χ4v) is 2.80. The van der Waals surface area contributed by atoms with E-state index in [0.717, 1.165) is 6.42 Å². The van der Waals surface area contributed by atoms with E-state index in [0.29, 0.717) is 6.42 Å². The van der Waals surface area contributed by atoms with Gasteiger partial charge in [0, 0.05) is 0 Å². The Morgan fingerprint density at radius 1 is 1.19 bits per heavy atom. The minimum Gasteiger partial charge on any atom is -0.468 e. The van der Waals surface area contributed by atoms with Crippen LogP contribution in [0, 0.1) is 11.3 Å². The SMILES string of the molecule is COC(=O)C(CC1(C)C=Cc2ccccc2C1)C(=O)OC. The molecular weight excluding hydrogens is 268 g/mol. The van der Waals surface area contributed by atoms with Crippen molar-refractivity contribution in [1.82, 2.24) is 0 Å². The lowest BCUT2D eigenvalue weighted by atomic mass is 9.72. The minimum atomic E-state index is -0.889. The molecule has 112 valence electrons. The molecule has 1 atom stereocenters. The van der Waals surface area contributed by atoms with Gasteiger partial charge in [0.15, 0.2) is 5.92 Å². The third-order valence-electron chi connectivity index (χ3n) is 3.96. The molecule has 0 N–H and O–H groups in total. The highest BCUT2D eigenvalue weighted by Crippen LogP contribution is 2.38. The van der Waals surface area contributed by atoms with Gasteiger partial charge < -0.3 is 9.47 Å². The molecule has 0 bridgehead atoms. The Hall–Kier alpha value is -2.10. The molecule has 0 saturated heterocycles. The third kappa shape index (κ3) is 3.32. The maximum Gasteiger partial charge on any atom is 0.320 e. The van der Waals surface area contributed by atoms with E-state index >= 15 is 0 Å². The van der Waals surface area contributed by atoms with E-state index < -0.39 is 17.9 Å². The van der Waals surface area contributed by atoms with Crippen LogP contribution in [0.5, 0.6) is 0 Å². The Bertz CT molecular complexity index is 560. The van der Waals surface area contributed by atoms with Gasteiger partial charge in [-0.3, -0.25) is 9.59 Å². The van der Waals surface area contributed by atoms with E-state index in [1.54, 1.807) is 0 Å². The first-order valence-electron chi connectivity index (χ1n) is 6.92. The molecule has 0 fully saturated rings. The molecule has 1 unspecified atom stereocenters. The minimum absolute atomic E-state index is 0.276. The third-order valence-corrected chi connectivity index (χ3v) is 3.96. The van der Waals surface area contributed by atoms with Crippen molar-refractivity contribution in [1.29, 1.82) is 0 Å². The summed E-state index contributed by atoms with van der Waals surface area (Å²) in [5.41, 5.74) is 2.13. The molecule has 1 aliphatic rings. The Balaban J connectivity index is 2.21. The van der Waals surface area contributed by atoms with Crippen LogP contribution < -0.4 is 0 Å². The second kappa shape index (κ2) is 6.12. The molecule has 1 aromatic carbocycles. The number of carbonyl (C=O) groups excluding carboxylic acids is 2. The quantitative estimate of drug-likeness (QED) is 0.631. The fraction of sp³-hybridized carbons (Fsp3) is 0.412. The number of benzene rings is 1. The second-order valence-corrected chi connectivity index (χ2v) is 5.67. The summed E-state index contributed by atoms with van der Waals surface area (Å²) in [6.45, 7) is 2.04.